The van der Waals surface area contributed by atoms with Crippen molar-refractivity contribution in [2.75, 3.05) is 24.3 Å². The molecule has 0 saturated heterocycles. The second-order valence-corrected chi connectivity index (χ2v) is 6.22. The Morgan fingerprint density at radius 2 is 2.04 bits per heavy atom. The standard InChI is InChI=1S/C20H26N4O/c1-25-18-10-6-5-9-17(18)15-23-20-22-14-12-19(24-20)21-13-11-16-7-3-2-4-8-16/h5-7,9-10,12,14H,2-4,8,11,13,15H2,1H3,(H2,21,22,23,24). The summed E-state index contributed by atoms with van der Waals surface area (Å²) in [6, 6.07) is 9.86. The summed E-state index contributed by atoms with van der Waals surface area (Å²) >= 11 is 0. The molecule has 0 spiro atoms. The van der Waals surface area contributed by atoms with Crippen LogP contribution >= 0.6 is 0 Å². The Kier molecular flexibility index (Phi) is 6.26. The number of rotatable bonds is 8. The quantitative estimate of drug-likeness (QED) is 0.699. The van der Waals surface area contributed by atoms with Crippen molar-refractivity contribution in [2.45, 2.75) is 38.6 Å². The van der Waals surface area contributed by atoms with Gasteiger partial charge in [0.25, 0.3) is 0 Å². The maximum Gasteiger partial charge on any atom is 0.224 e. The SMILES string of the molecule is COc1ccccc1CNc1nccc(NCCC2=CCCCC2)n1. The summed E-state index contributed by atoms with van der Waals surface area (Å²) in [5.74, 6) is 2.34. The van der Waals surface area contributed by atoms with Crippen LogP contribution in [0.4, 0.5) is 11.8 Å². The van der Waals surface area contributed by atoms with Gasteiger partial charge in [-0.25, -0.2) is 4.98 Å². The van der Waals surface area contributed by atoms with E-state index in [9.17, 15) is 0 Å². The first kappa shape index (κ1) is 17.3. The molecule has 0 atom stereocenters. The molecular weight excluding hydrogens is 312 g/mol. The van der Waals surface area contributed by atoms with Crippen LogP contribution in [0.3, 0.4) is 0 Å². The maximum atomic E-state index is 5.37. The topological polar surface area (TPSA) is 59.1 Å². The van der Waals surface area contributed by atoms with Crippen molar-refractivity contribution in [3.63, 3.8) is 0 Å². The number of nitrogens with zero attached hydrogens (tertiary/aromatic N) is 2. The van der Waals surface area contributed by atoms with Crippen molar-refractivity contribution in [1.82, 2.24) is 9.97 Å². The zero-order chi connectivity index (χ0) is 17.3. The van der Waals surface area contributed by atoms with E-state index < -0.39 is 0 Å². The van der Waals surface area contributed by atoms with Gasteiger partial charge in [-0.2, -0.15) is 4.98 Å². The number of anilines is 2. The molecule has 0 fully saturated rings. The summed E-state index contributed by atoms with van der Waals surface area (Å²) < 4.78 is 5.37. The van der Waals surface area contributed by atoms with Crippen LogP contribution in [-0.2, 0) is 6.54 Å². The first-order chi connectivity index (χ1) is 12.3. The molecule has 132 valence electrons. The van der Waals surface area contributed by atoms with Crippen LogP contribution in [0.15, 0.2) is 48.2 Å². The van der Waals surface area contributed by atoms with Gasteiger partial charge in [0.2, 0.25) is 5.95 Å². The molecule has 1 aliphatic carbocycles. The molecule has 1 heterocycles. The monoisotopic (exact) mass is 338 g/mol. The number of hydrogen-bond donors (Lipinski definition) is 2. The second kappa shape index (κ2) is 9.06. The third-order valence-electron chi connectivity index (χ3n) is 4.42. The summed E-state index contributed by atoms with van der Waals surface area (Å²) in [7, 11) is 1.68. The number of methoxy groups -OCH3 is 1. The third-order valence-corrected chi connectivity index (χ3v) is 4.42. The highest BCUT2D eigenvalue weighted by Gasteiger charge is 2.05. The zero-order valence-electron chi connectivity index (χ0n) is 14.8. The Morgan fingerprint density at radius 1 is 1.12 bits per heavy atom. The lowest BCUT2D eigenvalue weighted by atomic mass is 9.97. The van der Waals surface area contributed by atoms with Gasteiger partial charge in [-0.1, -0.05) is 29.8 Å². The van der Waals surface area contributed by atoms with E-state index in [0.29, 0.717) is 12.5 Å². The van der Waals surface area contributed by atoms with Gasteiger partial charge in [-0.15, -0.1) is 0 Å². The Morgan fingerprint density at radius 3 is 2.88 bits per heavy atom. The first-order valence-corrected chi connectivity index (χ1v) is 8.96. The fourth-order valence-corrected chi connectivity index (χ4v) is 3.05. The smallest absolute Gasteiger partial charge is 0.224 e. The van der Waals surface area contributed by atoms with E-state index in [1.54, 1.807) is 18.9 Å². The predicted molar refractivity (Wildman–Crippen MR) is 102 cm³/mol. The maximum absolute atomic E-state index is 5.37. The van der Waals surface area contributed by atoms with Crippen molar-refractivity contribution in [3.05, 3.63) is 53.7 Å². The van der Waals surface area contributed by atoms with Crippen LogP contribution < -0.4 is 15.4 Å². The normalized spacial score (nSPS) is 13.9. The van der Waals surface area contributed by atoms with Gasteiger partial charge in [0.1, 0.15) is 11.6 Å². The van der Waals surface area contributed by atoms with E-state index in [4.69, 9.17) is 4.74 Å². The molecule has 0 saturated carbocycles. The highest BCUT2D eigenvalue weighted by atomic mass is 16.5. The molecule has 5 nitrogen and oxygen atoms in total. The van der Waals surface area contributed by atoms with Crippen LogP contribution in [0.1, 0.15) is 37.7 Å². The van der Waals surface area contributed by atoms with Gasteiger partial charge in [0.05, 0.1) is 7.11 Å². The van der Waals surface area contributed by atoms with E-state index in [-0.39, 0.29) is 0 Å². The molecule has 25 heavy (non-hydrogen) atoms. The van der Waals surface area contributed by atoms with Gasteiger partial charge in [-0.3, -0.25) is 0 Å². The molecule has 0 amide bonds. The fourth-order valence-electron chi connectivity index (χ4n) is 3.05. The van der Waals surface area contributed by atoms with Crippen LogP contribution in [0.2, 0.25) is 0 Å². The number of para-hydroxylation sites is 1. The van der Waals surface area contributed by atoms with Crippen LogP contribution in [-0.4, -0.2) is 23.6 Å². The summed E-state index contributed by atoms with van der Waals surface area (Å²) in [6.07, 6.45) is 10.4. The molecule has 0 aliphatic heterocycles. The van der Waals surface area contributed by atoms with E-state index in [0.717, 1.165) is 30.1 Å². The van der Waals surface area contributed by atoms with Gasteiger partial charge >= 0.3 is 0 Å². The van der Waals surface area contributed by atoms with E-state index >= 15 is 0 Å². The Labute approximate surface area is 149 Å². The molecule has 1 aromatic heterocycles. The zero-order valence-corrected chi connectivity index (χ0v) is 14.8. The fraction of sp³-hybridized carbons (Fsp3) is 0.400. The molecule has 5 heteroatoms. The van der Waals surface area contributed by atoms with Gasteiger partial charge in [0, 0.05) is 24.8 Å². The van der Waals surface area contributed by atoms with Crippen molar-refractivity contribution < 1.29 is 4.74 Å². The lowest BCUT2D eigenvalue weighted by molar-refractivity contribution is 0.410. The molecule has 1 aromatic carbocycles. The summed E-state index contributed by atoms with van der Waals surface area (Å²) in [5.41, 5.74) is 2.65. The highest BCUT2D eigenvalue weighted by Crippen LogP contribution is 2.20. The van der Waals surface area contributed by atoms with Crippen molar-refractivity contribution in [2.24, 2.45) is 0 Å². The molecule has 1 aliphatic rings. The lowest BCUT2D eigenvalue weighted by Gasteiger charge is -2.13. The Bertz CT molecular complexity index is 714. The summed E-state index contributed by atoms with van der Waals surface area (Å²) in [5, 5.41) is 6.66. The number of ether oxygens (including phenoxy) is 1. The van der Waals surface area contributed by atoms with Gasteiger partial charge in [0.15, 0.2) is 0 Å². The molecule has 0 radical (unpaired) electrons. The number of allylic oxidation sites excluding steroid dienone is 1. The van der Waals surface area contributed by atoms with Gasteiger partial charge in [-0.05, 0) is 44.2 Å². The van der Waals surface area contributed by atoms with Crippen molar-refractivity contribution in [1.29, 1.82) is 0 Å². The Balaban J connectivity index is 1.51. The minimum atomic E-state index is 0.618. The molecule has 0 bridgehead atoms. The lowest BCUT2D eigenvalue weighted by Crippen LogP contribution is -2.09. The van der Waals surface area contributed by atoms with E-state index in [2.05, 4.69) is 26.7 Å². The molecule has 3 rings (SSSR count). The average Bonchev–Trinajstić information content (AvgIpc) is 2.68. The van der Waals surface area contributed by atoms with Crippen molar-refractivity contribution >= 4 is 11.8 Å². The van der Waals surface area contributed by atoms with E-state index in [1.165, 1.54) is 25.7 Å². The van der Waals surface area contributed by atoms with Crippen LogP contribution in [0, 0.1) is 0 Å². The molecular formula is C20H26N4O. The molecule has 2 aromatic rings. The summed E-state index contributed by atoms with van der Waals surface area (Å²) in [4.78, 5) is 8.83. The third kappa shape index (κ3) is 5.21. The molecule has 0 unspecified atom stereocenters. The Hall–Kier alpha value is -2.56. The van der Waals surface area contributed by atoms with Crippen molar-refractivity contribution in [3.8, 4) is 5.75 Å². The number of nitrogens with one attached hydrogen (secondary N) is 2. The first-order valence-electron chi connectivity index (χ1n) is 8.96. The minimum Gasteiger partial charge on any atom is -0.496 e. The number of benzene rings is 1. The number of hydrogen-bond acceptors (Lipinski definition) is 5. The predicted octanol–water partition coefficient (Wildman–Crippen LogP) is 4.40. The molecule has 2 N–H and O–H groups in total. The highest BCUT2D eigenvalue weighted by molar-refractivity contribution is 5.41. The second-order valence-electron chi connectivity index (χ2n) is 6.22. The van der Waals surface area contributed by atoms with Crippen LogP contribution in [0.5, 0.6) is 5.75 Å². The average molecular weight is 338 g/mol. The summed E-state index contributed by atoms with van der Waals surface area (Å²) in [6.45, 7) is 1.54. The largest absolute Gasteiger partial charge is 0.496 e. The number of aromatic nitrogens is 2. The minimum absolute atomic E-state index is 0.618. The van der Waals surface area contributed by atoms with Crippen LogP contribution in [0.25, 0.3) is 0 Å². The van der Waals surface area contributed by atoms with E-state index in [1.807, 2.05) is 30.3 Å². The van der Waals surface area contributed by atoms with Gasteiger partial charge < -0.3 is 15.4 Å².